The summed E-state index contributed by atoms with van der Waals surface area (Å²) >= 11 is 0. The fourth-order valence-corrected chi connectivity index (χ4v) is 1.76. The lowest BCUT2D eigenvalue weighted by Crippen LogP contribution is -2.02. The number of benzene rings is 1. The smallest absolute Gasteiger partial charge is 0.101 e. The molecule has 1 heterocycles. The van der Waals surface area contributed by atoms with E-state index in [1.54, 1.807) is 4.68 Å². The third-order valence-corrected chi connectivity index (χ3v) is 2.95. The molecule has 3 nitrogen and oxygen atoms in total. The fourth-order valence-electron chi connectivity index (χ4n) is 1.76. The van der Waals surface area contributed by atoms with Gasteiger partial charge in [-0.2, -0.15) is 5.10 Å². The first-order valence-electron chi connectivity index (χ1n) is 6.16. The average molecular weight is 242 g/mol. The number of rotatable bonds is 5. The monoisotopic (exact) mass is 242 g/mol. The summed E-state index contributed by atoms with van der Waals surface area (Å²) < 4.78 is 1.77. The Hall–Kier alpha value is -1.87. The predicted octanol–water partition coefficient (Wildman–Crippen LogP) is 3.26. The van der Waals surface area contributed by atoms with Crippen LogP contribution in [0, 0.1) is 0 Å². The minimum absolute atomic E-state index is 0.567. The summed E-state index contributed by atoms with van der Waals surface area (Å²) in [5, 5.41) is 14.4. The molecule has 0 spiro atoms. The lowest BCUT2D eigenvalue weighted by molar-refractivity contribution is 0.172. The normalized spacial score (nSPS) is 12.3. The molecule has 0 aliphatic carbocycles. The molecule has 2 aromatic rings. The van der Waals surface area contributed by atoms with Crippen LogP contribution in [0.5, 0.6) is 0 Å². The third kappa shape index (κ3) is 2.87. The zero-order valence-electron chi connectivity index (χ0n) is 10.6. The van der Waals surface area contributed by atoms with E-state index >= 15 is 0 Å². The molecule has 3 heteroatoms. The van der Waals surface area contributed by atoms with Gasteiger partial charge in [0.15, 0.2) is 0 Å². The maximum absolute atomic E-state index is 10.0. The second kappa shape index (κ2) is 5.65. The molecule has 1 aromatic heterocycles. The molecule has 2 rings (SSSR count). The van der Waals surface area contributed by atoms with E-state index in [0.717, 1.165) is 17.7 Å². The highest BCUT2D eigenvalue weighted by atomic mass is 16.3. The summed E-state index contributed by atoms with van der Waals surface area (Å²) in [6.45, 7) is 5.95. The van der Waals surface area contributed by atoms with Crippen LogP contribution in [0.4, 0.5) is 0 Å². The Morgan fingerprint density at radius 1 is 1.33 bits per heavy atom. The number of para-hydroxylation sites is 1. The van der Waals surface area contributed by atoms with Crippen molar-refractivity contribution in [1.82, 2.24) is 9.78 Å². The van der Waals surface area contributed by atoms with Crippen molar-refractivity contribution in [2.24, 2.45) is 0 Å². The summed E-state index contributed by atoms with van der Waals surface area (Å²) in [5.41, 5.74) is 2.72. The Labute approximate surface area is 107 Å². The Kier molecular flexibility index (Phi) is 3.95. The lowest BCUT2D eigenvalue weighted by Gasteiger charge is -2.08. The molecular weight excluding hydrogens is 224 g/mol. The Balaban J connectivity index is 2.13. The third-order valence-electron chi connectivity index (χ3n) is 2.95. The van der Waals surface area contributed by atoms with E-state index in [9.17, 15) is 5.11 Å². The molecule has 1 unspecified atom stereocenters. The first-order valence-corrected chi connectivity index (χ1v) is 6.16. The van der Waals surface area contributed by atoms with E-state index in [0.29, 0.717) is 12.1 Å². The van der Waals surface area contributed by atoms with E-state index in [-0.39, 0.29) is 0 Å². The van der Waals surface area contributed by atoms with Crippen LogP contribution in [0.3, 0.4) is 0 Å². The second-order valence-electron chi connectivity index (χ2n) is 4.34. The van der Waals surface area contributed by atoms with Crippen molar-refractivity contribution in [1.29, 1.82) is 0 Å². The van der Waals surface area contributed by atoms with Crippen molar-refractivity contribution in [2.75, 3.05) is 0 Å². The minimum Gasteiger partial charge on any atom is -0.386 e. The number of aliphatic hydroxyl groups is 1. The summed E-state index contributed by atoms with van der Waals surface area (Å²) in [6, 6.07) is 11.7. The predicted molar refractivity (Wildman–Crippen MR) is 72.6 cm³/mol. The number of hydrogen-bond acceptors (Lipinski definition) is 2. The first kappa shape index (κ1) is 12.6. The molecule has 0 aliphatic rings. The van der Waals surface area contributed by atoms with E-state index in [4.69, 9.17) is 0 Å². The summed E-state index contributed by atoms with van der Waals surface area (Å²) in [4.78, 5) is 0. The van der Waals surface area contributed by atoms with E-state index in [2.05, 4.69) is 11.7 Å². The standard InChI is InChI=1S/C15H18N2O/c1-3-12(2)11-15(18)14-9-10-17(16-14)13-7-5-4-6-8-13/h4-10,15,18H,2-3,11H2,1H3. The second-order valence-corrected chi connectivity index (χ2v) is 4.34. The van der Waals surface area contributed by atoms with Crippen molar-refractivity contribution in [3.05, 3.63) is 60.4 Å². The number of hydrogen-bond donors (Lipinski definition) is 1. The molecule has 1 aromatic carbocycles. The van der Waals surface area contributed by atoms with Gasteiger partial charge in [0.2, 0.25) is 0 Å². The van der Waals surface area contributed by atoms with Gasteiger partial charge < -0.3 is 5.11 Å². The van der Waals surface area contributed by atoms with Gasteiger partial charge in [0.25, 0.3) is 0 Å². The van der Waals surface area contributed by atoms with Crippen molar-refractivity contribution in [3.8, 4) is 5.69 Å². The molecular formula is C15H18N2O. The molecule has 0 saturated heterocycles. The molecule has 0 aliphatic heterocycles. The number of aromatic nitrogens is 2. The topological polar surface area (TPSA) is 38.0 Å². The van der Waals surface area contributed by atoms with Crippen LogP contribution in [-0.4, -0.2) is 14.9 Å². The summed E-state index contributed by atoms with van der Waals surface area (Å²) in [6.07, 6.45) is 2.75. The van der Waals surface area contributed by atoms with Gasteiger partial charge in [0.1, 0.15) is 6.10 Å². The molecule has 0 fully saturated rings. The highest BCUT2D eigenvalue weighted by Crippen LogP contribution is 2.20. The molecule has 1 N–H and O–H groups in total. The van der Waals surface area contributed by atoms with Crippen LogP contribution < -0.4 is 0 Å². The zero-order chi connectivity index (χ0) is 13.0. The van der Waals surface area contributed by atoms with Crippen LogP contribution in [0.1, 0.15) is 31.6 Å². The van der Waals surface area contributed by atoms with E-state index < -0.39 is 6.10 Å². The first-order chi connectivity index (χ1) is 8.70. The van der Waals surface area contributed by atoms with Gasteiger partial charge in [0, 0.05) is 6.20 Å². The quantitative estimate of drug-likeness (QED) is 0.817. The Morgan fingerprint density at radius 3 is 2.72 bits per heavy atom. The SMILES string of the molecule is C=C(CC)CC(O)c1ccn(-c2ccccc2)n1. The largest absolute Gasteiger partial charge is 0.386 e. The maximum atomic E-state index is 10.0. The van der Waals surface area contributed by atoms with Gasteiger partial charge in [0.05, 0.1) is 11.4 Å². The van der Waals surface area contributed by atoms with Crippen LogP contribution in [0.25, 0.3) is 5.69 Å². The fraction of sp³-hybridized carbons (Fsp3) is 0.267. The van der Waals surface area contributed by atoms with Crippen LogP contribution in [0.2, 0.25) is 0 Å². The molecule has 0 amide bonds. The van der Waals surface area contributed by atoms with Gasteiger partial charge in [-0.25, -0.2) is 4.68 Å². The minimum atomic E-state index is -0.567. The molecule has 94 valence electrons. The van der Waals surface area contributed by atoms with Crippen LogP contribution in [0.15, 0.2) is 54.7 Å². The van der Waals surface area contributed by atoms with Gasteiger partial charge in [-0.15, -0.1) is 0 Å². The molecule has 0 radical (unpaired) electrons. The van der Waals surface area contributed by atoms with Gasteiger partial charge in [-0.05, 0) is 31.0 Å². The Morgan fingerprint density at radius 2 is 2.06 bits per heavy atom. The maximum Gasteiger partial charge on any atom is 0.101 e. The molecule has 1 atom stereocenters. The summed E-state index contributed by atoms with van der Waals surface area (Å²) in [5.74, 6) is 0. The van der Waals surface area contributed by atoms with Crippen molar-refractivity contribution >= 4 is 0 Å². The summed E-state index contributed by atoms with van der Waals surface area (Å²) in [7, 11) is 0. The molecule has 0 bridgehead atoms. The Bertz CT molecular complexity index is 516. The van der Waals surface area contributed by atoms with E-state index in [1.807, 2.05) is 49.5 Å². The van der Waals surface area contributed by atoms with E-state index in [1.165, 1.54) is 0 Å². The van der Waals surface area contributed by atoms with Crippen LogP contribution in [-0.2, 0) is 0 Å². The van der Waals surface area contributed by atoms with Crippen LogP contribution >= 0.6 is 0 Å². The van der Waals surface area contributed by atoms with Gasteiger partial charge in [-0.1, -0.05) is 37.3 Å². The van der Waals surface area contributed by atoms with Crippen molar-refractivity contribution < 1.29 is 5.11 Å². The van der Waals surface area contributed by atoms with Gasteiger partial charge >= 0.3 is 0 Å². The highest BCUT2D eigenvalue weighted by molar-refractivity contribution is 5.30. The van der Waals surface area contributed by atoms with Crippen molar-refractivity contribution in [3.63, 3.8) is 0 Å². The number of nitrogens with zero attached hydrogens (tertiary/aromatic N) is 2. The molecule has 18 heavy (non-hydrogen) atoms. The van der Waals surface area contributed by atoms with Crippen molar-refractivity contribution in [2.45, 2.75) is 25.9 Å². The van der Waals surface area contributed by atoms with Gasteiger partial charge in [-0.3, -0.25) is 0 Å². The lowest BCUT2D eigenvalue weighted by atomic mass is 10.1. The zero-order valence-corrected chi connectivity index (χ0v) is 10.6. The highest BCUT2D eigenvalue weighted by Gasteiger charge is 2.12. The molecule has 0 saturated carbocycles. The number of aliphatic hydroxyl groups excluding tert-OH is 1. The average Bonchev–Trinajstić information content (AvgIpc) is 2.89.